The van der Waals surface area contributed by atoms with Crippen LogP contribution < -0.4 is 0 Å². The standard InChI is InChI=1S/C38H43N3.C14H19NO2.C13H16N2.C8H7ClO/c1-9-10-35-39-36(29-13-11-26(2)12-14-29)40-41(35)34-24-30(27-15-19-32(20-16-27)37(3,4)5)23-31(25-34)28-17-21-33(22-18-28)38(6,7)8;1-4-6-13(17-5-2)15-14(16)12-9-7-11(3)8-10-12;1-3-4-12-9-14-13(15-12)11-7-5-10(2)6-8-11;1-6-2-4-7(5-3-6)8(9)10/h11-25H,9-10H2,1-8H3;7-10H,4-6H2,1-3H3;5-8H,3-4,9H2,1-2H3;2-5H,1H3. The molecule has 0 fully saturated rings. The highest BCUT2D eigenvalue weighted by Gasteiger charge is 2.19. The fourth-order valence-electron chi connectivity index (χ4n) is 8.92. The third-order valence-electron chi connectivity index (χ3n) is 13.9. The Hall–Kier alpha value is -7.88. The van der Waals surface area contributed by atoms with Crippen LogP contribution in [0.4, 0.5) is 0 Å². The zero-order chi connectivity index (χ0) is 60.3. The summed E-state index contributed by atoms with van der Waals surface area (Å²) < 4.78 is 7.38. The molecule has 1 amide bonds. The monoisotopic (exact) mass is 1130 g/mol. The number of nitrogens with zero attached hydrogens (tertiary/aromatic N) is 6. The van der Waals surface area contributed by atoms with Gasteiger partial charge >= 0.3 is 0 Å². The van der Waals surface area contributed by atoms with Gasteiger partial charge in [0.05, 0.1) is 18.8 Å². The Morgan fingerprint density at radius 2 is 0.988 bits per heavy atom. The molecule has 0 bridgehead atoms. The van der Waals surface area contributed by atoms with E-state index in [-0.39, 0.29) is 16.7 Å². The number of halogens is 1. The lowest BCUT2D eigenvalue weighted by Crippen LogP contribution is -2.10. The van der Waals surface area contributed by atoms with E-state index in [1.807, 2.05) is 52.0 Å². The zero-order valence-corrected chi connectivity index (χ0v) is 52.3. The second-order valence-corrected chi connectivity index (χ2v) is 23.6. The average Bonchev–Trinajstić information content (AvgIpc) is 4.36. The molecule has 0 atom stereocenters. The normalized spacial score (nSPS) is 12.2. The molecule has 9 rings (SSSR count). The van der Waals surface area contributed by atoms with E-state index < -0.39 is 5.24 Å². The van der Waals surface area contributed by atoms with Crippen LogP contribution in [0.15, 0.2) is 179 Å². The van der Waals surface area contributed by atoms with Crippen molar-refractivity contribution in [3.8, 4) is 39.3 Å². The molecule has 9 nitrogen and oxygen atoms in total. The average molecular weight is 1130 g/mol. The summed E-state index contributed by atoms with van der Waals surface area (Å²) in [5.41, 5.74) is 18.0. The van der Waals surface area contributed by atoms with E-state index in [4.69, 9.17) is 26.4 Å². The number of aliphatic imine (C=N–C) groups is 3. The van der Waals surface area contributed by atoms with Crippen LogP contribution in [0.1, 0.15) is 167 Å². The molecule has 0 aliphatic carbocycles. The van der Waals surface area contributed by atoms with Gasteiger partial charge in [-0.15, -0.1) is 5.10 Å². The summed E-state index contributed by atoms with van der Waals surface area (Å²) in [6, 6.07) is 56.2. The number of benzene rings is 7. The molecule has 10 heteroatoms. The van der Waals surface area contributed by atoms with Crippen LogP contribution in [-0.4, -0.2) is 56.5 Å². The van der Waals surface area contributed by atoms with Crippen molar-refractivity contribution in [2.24, 2.45) is 15.0 Å². The second-order valence-electron chi connectivity index (χ2n) is 23.2. The summed E-state index contributed by atoms with van der Waals surface area (Å²) in [4.78, 5) is 40.4. The molecular formula is C73H85ClN6O3. The van der Waals surface area contributed by atoms with Gasteiger partial charge in [0.2, 0.25) is 0 Å². The molecule has 0 saturated heterocycles. The Balaban J connectivity index is 0.000000214. The number of aromatic nitrogens is 3. The van der Waals surface area contributed by atoms with Crippen LogP contribution >= 0.6 is 11.6 Å². The molecule has 1 aromatic heterocycles. The van der Waals surface area contributed by atoms with E-state index in [0.717, 1.165) is 84.1 Å². The third-order valence-corrected chi connectivity index (χ3v) is 14.1. The number of amides is 1. The topological polar surface area (TPSA) is 111 Å². The van der Waals surface area contributed by atoms with Crippen molar-refractivity contribution in [3.05, 3.63) is 220 Å². The Labute approximate surface area is 500 Å². The number of hydrogen-bond donors (Lipinski definition) is 0. The lowest BCUT2D eigenvalue weighted by atomic mass is 9.85. The minimum Gasteiger partial charge on any atom is -0.481 e. The number of carbonyl (C=O) groups is 2. The minimum atomic E-state index is -0.403. The predicted octanol–water partition coefficient (Wildman–Crippen LogP) is 18.9. The van der Waals surface area contributed by atoms with Gasteiger partial charge in [-0.05, 0) is 152 Å². The summed E-state index contributed by atoms with van der Waals surface area (Å²) in [7, 11) is 0. The first-order valence-electron chi connectivity index (χ1n) is 29.2. The minimum absolute atomic E-state index is 0.114. The van der Waals surface area contributed by atoms with Crippen molar-refractivity contribution in [2.45, 2.75) is 146 Å². The van der Waals surface area contributed by atoms with Gasteiger partial charge in [0.25, 0.3) is 11.1 Å². The largest absolute Gasteiger partial charge is 0.481 e. The molecule has 1 aliphatic rings. The van der Waals surface area contributed by atoms with Gasteiger partial charge in [0.1, 0.15) is 5.82 Å². The fourth-order valence-corrected chi connectivity index (χ4v) is 9.05. The van der Waals surface area contributed by atoms with E-state index in [9.17, 15) is 9.59 Å². The van der Waals surface area contributed by atoms with E-state index in [1.165, 1.54) is 50.2 Å². The molecule has 0 unspecified atom stereocenters. The van der Waals surface area contributed by atoms with E-state index in [2.05, 4.69) is 204 Å². The Bertz CT molecular complexity index is 3380. The predicted molar refractivity (Wildman–Crippen MR) is 350 cm³/mol. The van der Waals surface area contributed by atoms with E-state index in [0.29, 0.717) is 30.1 Å². The van der Waals surface area contributed by atoms with Gasteiger partial charge in [-0.25, -0.2) is 14.7 Å². The fraction of sp³-hybridized carbons (Fsp3) is 0.329. The van der Waals surface area contributed by atoms with Crippen LogP contribution in [0.25, 0.3) is 39.3 Å². The first kappa shape index (κ1) is 64.3. The molecule has 432 valence electrons. The summed E-state index contributed by atoms with van der Waals surface area (Å²) in [6.45, 7) is 31.3. The number of ether oxygens (including phenoxy) is 1. The lowest BCUT2D eigenvalue weighted by molar-refractivity contribution is 0.0997. The first-order valence-corrected chi connectivity index (χ1v) is 29.6. The quantitative estimate of drug-likeness (QED) is 0.0612. The molecule has 0 N–H and O–H groups in total. The van der Waals surface area contributed by atoms with Gasteiger partial charge in [-0.1, -0.05) is 212 Å². The Morgan fingerprint density at radius 1 is 0.542 bits per heavy atom. The number of carbonyl (C=O) groups excluding carboxylic acids is 2. The maximum atomic E-state index is 11.8. The van der Waals surface area contributed by atoms with Gasteiger partial charge in [-0.2, -0.15) is 4.99 Å². The summed E-state index contributed by atoms with van der Waals surface area (Å²) in [6.07, 6.45) is 5.69. The lowest BCUT2D eigenvalue weighted by Gasteiger charge is -2.20. The Kier molecular flexibility index (Phi) is 23.6. The highest BCUT2D eigenvalue weighted by Crippen LogP contribution is 2.34. The maximum Gasteiger partial charge on any atom is 0.279 e. The smallest absolute Gasteiger partial charge is 0.279 e. The SMILES string of the molecule is CCCC(=NC(=O)c1ccc(C)cc1)OCC.CCCC1=NC(c2ccc(C)cc2)=NC1.CCCc1nc(-c2ccc(C)cc2)nn1-c1cc(-c2ccc(C(C)(C)C)cc2)cc(-c2ccc(C(C)(C)C)cc2)c1.Cc1ccc(C(=O)Cl)cc1. The van der Waals surface area contributed by atoms with Gasteiger partial charge in [-0.3, -0.25) is 14.6 Å². The van der Waals surface area contributed by atoms with Crippen LogP contribution in [0, 0.1) is 27.7 Å². The molecule has 0 radical (unpaired) electrons. The summed E-state index contributed by atoms with van der Waals surface area (Å²) in [5, 5.41) is 4.66. The second kappa shape index (κ2) is 30.4. The summed E-state index contributed by atoms with van der Waals surface area (Å²) in [5.74, 6) is 2.95. The van der Waals surface area contributed by atoms with Crippen molar-refractivity contribution in [2.75, 3.05) is 13.2 Å². The van der Waals surface area contributed by atoms with E-state index in [1.54, 1.807) is 24.3 Å². The number of rotatable bonds is 14. The van der Waals surface area contributed by atoms with Crippen LogP contribution in [0.3, 0.4) is 0 Å². The van der Waals surface area contributed by atoms with E-state index >= 15 is 0 Å². The van der Waals surface area contributed by atoms with Gasteiger partial charge in [0, 0.05) is 40.8 Å². The number of aryl methyl sites for hydroxylation is 5. The maximum absolute atomic E-state index is 11.8. The van der Waals surface area contributed by atoms with Crippen molar-refractivity contribution in [1.82, 2.24) is 14.8 Å². The van der Waals surface area contributed by atoms with Crippen LogP contribution in [0.5, 0.6) is 0 Å². The molecule has 8 aromatic rings. The Morgan fingerprint density at radius 3 is 1.42 bits per heavy atom. The van der Waals surface area contributed by atoms with Crippen molar-refractivity contribution < 1.29 is 14.3 Å². The van der Waals surface area contributed by atoms with Crippen molar-refractivity contribution in [3.63, 3.8) is 0 Å². The number of amidine groups is 1. The molecule has 2 heterocycles. The molecule has 83 heavy (non-hydrogen) atoms. The highest BCUT2D eigenvalue weighted by atomic mass is 35.5. The van der Waals surface area contributed by atoms with Gasteiger partial charge in [0.15, 0.2) is 17.6 Å². The van der Waals surface area contributed by atoms with Crippen molar-refractivity contribution >= 4 is 40.2 Å². The summed E-state index contributed by atoms with van der Waals surface area (Å²) >= 11 is 5.22. The van der Waals surface area contributed by atoms with Crippen LogP contribution in [0.2, 0.25) is 0 Å². The van der Waals surface area contributed by atoms with Crippen molar-refractivity contribution in [1.29, 1.82) is 0 Å². The zero-order valence-electron chi connectivity index (χ0n) is 51.5. The first-order chi connectivity index (χ1) is 39.6. The molecule has 7 aromatic carbocycles. The van der Waals surface area contributed by atoms with Gasteiger partial charge < -0.3 is 4.74 Å². The highest BCUT2D eigenvalue weighted by molar-refractivity contribution is 6.67. The molecular weight excluding hydrogens is 1040 g/mol. The third kappa shape index (κ3) is 19.4. The number of hydrogen-bond acceptors (Lipinski definition) is 7. The molecule has 0 spiro atoms. The molecule has 1 aliphatic heterocycles. The van der Waals surface area contributed by atoms with Crippen LogP contribution in [-0.2, 0) is 22.0 Å². The molecule has 0 saturated carbocycles.